The number of aromatic nitrogens is 1. The molecular formula is C14H15FN2. The molecular weight excluding hydrogens is 215 g/mol. The summed E-state index contributed by atoms with van der Waals surface area (Å²) in [5.74, 6) is -0.202. The lowest BCUT2D eigenvalue weighted by Gasteiger charge is -2.20. The number of anilines is 1. The van der Waals surface area contributed by atoms with Crippen LogP contribution in [-0.2, 0) is 12.8 Å². The molecule has 1 aromatic carbocycles. The van der Waals surface area contributed by atoms with Crippen molar-refractivity contribution in [3.05, 3.63) is 35.3 Å². The lowest BCUT2D eigenvalue weighted by Crippen LogP contribution is -2.09. The Bertz CT molecular complexity index is 578. The molecule has 1 aliphatic carbocycles. The predicted molar refractivity (Wildman–Crippen MR) is 67.9 cm³/mol. The second kappa shape index (κ2) is 3.99. The van der Waals surface area contributed by atoms with E-state index in [1.165, 1.54) is 30.2 Å². The zero-order chi connectivity index (χ0) is 11.8. The summed E-state index contributed by atoms with van der Waals surface area (Å²) in [7, 11) is 1.90. The van der Waals surface area contributed by atoms with Gasteiger partial charge in [0, 0.05) is 23.8 Å². The van der Waals surface area contributed by atoms with E-state index in [-0.39, 0.29) is 5.82 Å². The van der Waals surface area contributed by atoms with Crippen LogP contribution in [0.4, 0.5) is 10.1 Å². The molecule has 1 heterocycles. The molecule has 2 nitrogen and oxygen atoms in total. The van der Waals surface area contributed by atoms with Crippen molar-refractivity contribution in [3.8, 4) is 0 Å². The fourth-order valence-corrected chi connectivity index (χ4v) is 2.68. The highest BCUT2D eigenvalue weighted by Crippen LogP contribution is 2.33. The van der Waals surface area contributed by atoms with Gasteiger partial charge in [0.2, 0.25) is 0 Å². The zero-order valence-electron chi connectivity index (χ0n) is 9.89. The minimum absolute atomic E-state index is 0.202. The molecule has 2 aromatic rings. The van der Waals surface area contributed by atoms with Crippen LogP contribution in [0.25, 0.3) is 10.9 Å². The van der Waals surface area contributed by atoms with Gasteiger partial charge < -0.3 is 5.32 Å². The number of nitrogens with zero attached hydrogens (tertiary/aromatic N) is 1. The fraction of sp³-hybridized carbons (Fsp3) is 0.357. The highest BCUT2D eigenvalue weighted by Gasteiger charge is 2.17. The van der Waals surface area contributed by atoms with Gasteiger partial charge in [0.25, 0.3) is 0 Å². The molecule has 1 aromatic heterocycles. The molecule has 3 heteroatoms. The second-order valence-electron chi connectivity index (χ2n) is 4.53. The van der Waals surface area contributed by atoms with E-state index in [9.17, 15) is 4.39 Å². The first-order chi connectivity index (χ1) is 8.29. The van der Waals surface area contributed by atoms with Crippen molar-refractivity contribution in [2.45, 2.75) is 25.7 Å². The average molecular weight is 230 g/mol. The van der Waals surface area contributed by atoms with E-state index in [1.807, 2.05) is 7.05 Å². The van der Waals surface area contributed by atoms with Crippen molar-refractivity contribution in [1.29, 1.82) is 0 Å². The number of hydrogen-bond donors (Lipinski definition) is 1. The summed E-state index contributed by atoms with van der Waals surface area (Å²) in [5.41, 5.74) is 4.40. The van der Waals surface area contributed by atoms with Crippen LogP contribution in [0.1, 0.15) is 24.1 Å². The van der Waals surface area contributed by atoms with Crippen molar-refractivity contribution in [1.82, 2.24) is 4.98 Å². The lowest BCUT2D eigenvalue weighted by molar-refractivity contribution is 0.629. The normalized spacial score (nSPS) is 14.7. The van der Waals surface area contributed by atoms with Gasteiger partial charge in [-0.3, -0.25) is 4.98 Å². The average Bonchev–Trinajstić information content (AvgIpc) is 2.36. The molecule has 88 valence electrons. The zero-order valence-corrected chi connectivity index (χ0v) is 9.89. The molecule has 0 radical (unpaired) electrons. The summed E-state index contributed by atoms with van der Waals surface area (Å²) in [4.78, 5) is 4.66. The van der Waals surface area contributed by atoms with Crippen molar-refractivity contribution < 1.29 is 4.39 Å². The number of halogens is 1. The molecule has 0 spiro atoms. The topological polar surface area (TPSA) is 24.9 Å². The van der Waals surface area contributed by atoms with Crippen LogP contribution >= 0.6 is 0 Å². The Labute approximate surface area is 99.9 Å². The van der Waals surface area contributed by atoms with E-state index in [0.29, 0.717) is 0 Å². The monoisotopic (exact) mass is 230 g/mol. The summed E-state index contributed by atoms with van der Waals surface area (Å²) >= 11 is 0. The molecule has 1 N–H and O–H groups in total. The van der Waals surface area contributed by atoms with Crippen molar-refractivity contribution in [2.75, 3.05) is 12.4 Å². The van der Waals surface area contributed by atoms with E-state index < -0.39 is 0 Å². The minimum atomic E-state index is -0.202. The summed E-state index contributed by atoms with van der Waals surface area (Å²) in [6.45, 7) is 0. The molecule has 3 rings (SSSR count). The maximum absolute atomic E-state index is 13.3. The largest absolute Gasteiger partial charge is 0.387 e. The Kier molecular flexibility index (Phi) is 2.46. The van der Waals surface area contributed by atoms with Gasteiger partial charge in [0.05, 0.1) is 5.52 Å². The number of fused-ring (bicyclic) bond motifs is 2. The van der Waals surface area contributed by atoms with Crippen LogP contribution in [0, 0.1) is 5.82 Å². The van der Waals surface area contributed by atoms with E-state index in [4.69, 9.17) is 0 Å². The van der Waals surface area contributed by atoms with E-state index >= 15 is 0 Å². The van der Waals surface area contributed by atoms with Crippen LogP contribution in [-0.4, -0.2) is 12.0 Å². The summed E-state index contributed by atoms with van der Waals surface area (Å²) in [6.07, 6.45) is 4.49. The number of nitrogens with one attached hydrogen (secondary N) is 1. The molecule has 17 heavy (non-hydrogen) atoms. The molecule has 0 saturated carbocycles. The van der Waals surface area contributed by atoms with Gasteiger partial charge in [-0.15, -0.1) is 0 Å². The first-order valence-corrected chi connectivity index (χ1v) is 6.08. The van der Waals surface area contributed by atoms with Gasteiger partial charge in [0.1, 0.15) is 5.82 Å². The standard InChI is InChI=1S/C14H15FN2/c1-16-14-10-4-2-3-5-12(10)17-13-7-6-9(15)8-11(13)14/h6-8H,2-5H2,1H3,(H,16,17). The molecule has 0 atom stereocenters. The molecule has 0 unspecified atom stereocenters. The fourth-order valence-electron chi connectivity index (χ4n) is 2.68. The van der Waals surface area contributed by atoms with Gasteiger partial charge >= 0.3 is 0 Å². The maximum atomic E-state index is 13.3. The Morgan fingerprint density at radius 2 is 2.06 bits per heavy atom. The first-order valence-electron chi connectivity index (χ1n) is 6.08. The number of pyridine rings is 1. The number of benzene rings is 1. The third-order valence-corrected chi connectivity index (χ3v) is 3.47. The molecule has 0 bridgehead atoms. The molecule has 1 aliphatic rings. The van der Waals surface area contributed by atoms with Gasteiger partial charge in [-0.25, -0.2) is 4.39 Å². The quantitative estimate of drug-likeness (QED) is 0.813. The van der Waals surface area contributed by atoms with Gasteiger partial charge in [-0.1, -0.05) is 0 Å². The van der Waals surface area contributed by atoms with E-state index in [2.05, 4.69) is 10.3 Å². The van der Waals surface area contributed by atoms with E-state index in [0.717, 1.165) is 29.4 Å². The third kappa shape index (κ3) is 1.66. The van der Waals surface area contributed by atoms with Crippen LogP contribution in [0.2, 0.25) is 0 Å². The summed E-state index contributed by atoms with van der Waals surface area (Å²) < 4.78 is 13.3. The number of hydrogen-bond acceptors (Lipinski definition) is 2. The minimum Gasteiger partial charge on any atom is -0.387 e. The summed E-state index contributed by atoms with van der Waals surface area (Å²) in [5, 5.41) is 4.12. The maximum Gasteiger partial charge on any atom is 0.124 e. The van der Waals surface area contributed by atoms with Crippen LogP contribution in [0.3, 0.4) is 0 Å². The second-order valence-corrected chi connectivity index (χ2v) is 4.53. The van der Waals surface area contributed by atoms with Gasteiger partial charge in [0.15, 0.2) is 0 Å². The third-order valence-electron chi connectivity index (χ3n) is 3.47. The van der Waals surface area contributed by atoms with Crippen LogP contribution in [0.15, 0.2) is 18.2 Å². The van der Waals surface area contributed by atoms with Crippen molar-refractivity contribution in [3.63, 3.8) is 0 Å². The predicted octanol–water partition coefficient (Wildman–Crippen LogP) is 3.29. The highest BCUT2D eigenvalue weighted by atomic mass is 19.1. The Morgan fingerprint density at radius 3 is 2.88 bits per heavy atom. The first kappa shape index (κ1) is 10.5. The smallest absolute Gasteiger partial charge is 0.124 e. The van der Waals surface area contributed by atoms with Crippen molar-refractivity contribution in [2.24, 2.45) is 0 Å². The summed E-state index contributed by atoms with van der Waals surface area (Å²) in [6, 6.07) is 4.81. The number of rotatable bonds is 1. The lowest BCUT2D eigenvalue weighted by atomic mass is 9.93. The SMILES string of the molecule is CNc1c2c(nc3ccc(F)cc13)CCCC2. The molecule has 0 amide bonds. The molecule has 0 fully saturated rings. The van der Waals surface area contributed by atoms with Crippen LogP contribution < -0.4 is 5.32 Å². The van der Waals surface area contributed by atoms with Crippen molar-refractivity contribution >= 4 is 16.6 Å². The Morgan fingerprint density at radius 1 is 1.24 bits per heavy atom. The van der Waals surface area contributed by atoms with Crippen LogP contribution in [0.5, 0.6) is 0 Å². The Hall–Kier alpha value is -1.64. The van der Waals surface area contributed by atoms with E-state index in [1.54, 1.807) is 12.1 Å². The van der Waals surface area contributed by atoms with Gasteiger partial charge in [-0.2, -0.15) is 0 Å². The molecule has 0 saturated heterocycles. The number of aryl methyl sites for hydroxylation is 1. The molecule has 0 aliphatic heterocycles. The Balaban J connectivity index is 2.35. The van der Waals surface area contributed by atoms with Gasteiger partial charge in [-0.05, 0) is 49.4 Å². The highest BCUT2D eigenvalue weighted by molar-refractivity contribution is 5.93.